The summed E-state index contributed by atoms with van der Waals surface area (Å²) in [5.41, 5.74) is 6.98. The van der Waals surface area contributed by atoms with Gasteiger partial charge < -0.3 is 26.6 Å². The molecule has 2 aromatic carbocycles. The van der Waals surface area contributed by atoms with E-state index in [0.29, 0.717) is 11.1 Å². The number of benzene rings is 2. The fourth-order valence-electron chi connectivity index (χ4n) is 3.16. The molecule has 6 N–H and O–H groups in total. The van der Waals surface area contributed by atoms with Crippen molar-refractivity contribution >= 4 is 17.8 Å². The summed E-state index contributed by atoms with van der Waals surface area (Å²) in [6, 6.07) is 13.7. The second-order valence-corrected chi connectivity index (χ2v) is 7.76. The van der Waals surface area contributed by atoms with E-state index in [9.17, 15) is 24.6 Å². The molecule has 0 aliphatic heterocycles. The molecular weight excluding hydrogens is 398 g/mol. The van der Waals surface area contributed by atoms with Crippen LogP contribution in [0.15, 0.2) is 60.7 Å². The number of hydrogen-bond acceptors (Lipinski definition) is 5. The maximum absolute atomic E-state index is 12.9. The Balaban J connectivity index is 2.13. The monoisotopic (exact) mass is 427 g/mol. The fraction of sp³-hybridized carbons (Fsp3) is 0.348. The molecule has 0 bridgehead atoms. The zero-order valence-corrected chi connectivity index (χ0v) is 17.6. The van der Waals surface area contributed by atoms with E-state index in [2.05, 4.69) is 10.6 Å². The number of aliphatic hydroxyl groups excluding tert-OH is 1. The normalized spacial score (nSPS) is 14.9. The van der Waals surface area contributed by atoms with Crippen LogP contribution in [0, 0.1) is 5.92 Å². The van der Waals surface area contributed by atoms with Gasteiger partial charge in [-0.1, -0.05) is 74.5 Å². The summed E-state index contributed by atoms with van der Waals surface area (Å²) in [6.45, 7) is 3.73. The molecule has 0 saturated heterocycles. The van der Waals surface area contributed by atoms with Crippen LogP contribution in [0.25, 0.3) is 0 Å². The highest BCUT2D eigenvalue weighted by Gasteiger charge is 2.31. The van der Waals surface area contributed by atoms with Crippen molar-refractivity contribution < 1.29 is 24.6 Å². The molecule has 0 aliphatic carbocycles. The quantitative estimate of drug-likeness (QED) is 0.389. The van der Waals surface area contributed by atoms with Gasteiger partial charge in [0, 0.05) is 0 Å². The summed E-state index contributed by atoms with van der Waals surface area (Å²) in [7, 11) is 0. The highest BCUT2D eigenvalue weighted by molar-refractivity contribution is 5.92. The van der Waals surface area contributed by atoms with Gasteiger partial charge in [0.05, 0.1) is 6.04 Å². The Bertz CT molecular complexity index is 873. The average Bonchev–Trinajstić information content (AvgIpc) is 2.76. The number of nitrogens with two attached hydrogens (primary N) is 1. The van der Waals surface area contributed by atoms with Crippen LogP contribution in [0.3, 0.4) is 0 Å². The fourth-order valence-corrected chi connectivity index (χ4v) is 3.16. The van der Waals surface area contributed by atoms with Gasteiger partial charge in [-0.2, -0.15) is 0 Å². The van der Waals surface area contributed by atoms with Gasteiger partial charge in [0.1, 0.15) is 6.04 Å². The minimum Gasteiger partial charge on any atom is -0.479 e. The molecule has 1 unspecified atom stereocenters. The maximum Gasteiger partial charge on any atom is 0.330 e. The number of carbonyl (C=O) groups is 3. The molecule has 166 valence electrons. The van der Waals surface area contributed by atoms with Crippen LogP contribution in [0.1, 0.15) is 43.5 Å². The molecular formula is C23H29N3O5. The number of rotatable bonds is 10. The summed E-state index contributed by atoms with van der Waals surface area (Å²) >= 11 is 0. The molecule has 0 spiro atoms. The predicted molar refractivity (Wildman–Crippen MR) is 116 cm³/mol. The lowest BCUT2D eigenvalue weighted by atomic mass is 9.99. The first kappa shape index (κ1) is 24.0. The van der Waals surface area contributed by atoms with Crippen molar-refractivity contribution in [1.82, 2.24) is 10.6 Å². The van der Waals surface area contributed by atoms with Crippen LogP contribution >= 0.6 is 0 Å². The number of carbonyl (C=O) groups excluding carboxylic acids is 2. The molecule has 2 amide bonds. The predicted octanol–water partition coefficient (Wildman–Crippen LogP) is 1.52. The molecule has 8 heteroatoms. The number of aliphatic carboxylic acids is 1. The van der Waals surface area contributed by atoms with Gasteiger partial charge >= 0.3 is 5.97 Å². The third-order valence-corrected chi connectivity index (χ3v) is 4.80. The minimum atomic E-state index is -1.57. The Morgan fingerprint density at radius 3 is 1.87 bits per heavy atom. The molecule has 0 aromatic heterocycles. The highest BCUT2D eigenvalue weighted by Crippen LogP contribution is 2.16. The molecule has 0 heterocycles. The van der Waals surface area contributed by atoms with Crippen LogP contribution < -0.4 is 16.4 Å². The van der Waals surface area contributed by atoms with Crippen LogP contribution in [0.4, 0.5) is 0 Å². The number of aliphatic hydroxyl groups is 1. The van der Waals surface area contributed by atoms with Gasteiger partial charge in [0.25, 0.3) is 5.91 Å². The molecule has 0 aliphatic rings. The van der Waals surface area contributed by atoms with E-state index in [-0.39, 0.29) is 12.3 Å². The summed E-state index contributed by atoms with van der Waals surface area (Å²) in [5.74, 6) is -2.65. The Labute approximate surface area is 181 Å². The molecule has 31 heavy (non-hydrogen) atoms. The number of nitrogens with one attached hydrogen (secondary N) is 2. The first-order valence-corrected chi connectivity index (χ1v) is 10.1. The Morgan fingerprint density at radius 1 is 0.871 bits per heavy atom. The van der Waals surface area contributed by atoms with Crippen LogP contribution in [-0.4, -0.2) is 40.1 Å². The summed E-state index contributed by atoms with van der Waals surface area (Å²) in [6.07, 6.45) is -1.32. The minimum absolute atomic E-state index is 0.0241. The SMILES string of the molecule is CC(C)C[C@H](NC(=O)[C@H](O)[C@@H](N)c1ccccc1)C(=O)NC(C(=O)O)c1ccccc1. The Hall–Kier alpha value is -3.23. The molecule has 2 aromatic rings. The van der Waals surface area contributed by atoms with Crippen molar-refractivity contribution in [1.29, 1.82) is 0 Å². The van der Waals surface area contributed by atoms with Gasteiger partial charge in [-0.25, -0.2) is 4.79 Å². The number of hydrogen-bond donors (Lipinski definition) is 5. The smallest absolute Gasteiger partial charge is 0.330 e. The van der Waals surface area contributed by atoms with Gasteiger partial charge in [0.15, 0.2) is 12.1 Å². The first-order chi connectivity index (χ1) is 14.7. The first-order valence-electron chi connectivity index (χ1n) is 10.1. The van der Waals surface area contributed by atoms with Crippen molar-refractivity contribution in [2.75, 3.05) is 0 Å². The lowest BCUT2D eigenvalue weighted by Crippen LogP contribution is -2.53. The molecule has 8 nitrogen and oxygen atoms in total. The largest absolute Gasteiger partial charge is 0.479 e. The van der Waals surface area contributed by atoms with Gasteiger partial charge in [-0.3, -0.25) is 9.59 Å². The van der Waals surface area contributed by atoms with E-state index in [0.717, 1.165) is 0 Å². The molecule has 0 radical (unpaired) electrons. The zero-order valence-electron chi connectivity index (χ0n) is 17.6. The van der Waals surface area contributed by atoms with E-state index < -0.39 is 42.0 Å². The standard InChI is InChI=1S/C23H29N3O5/c1-14(2)13-17(21(28)26-19(23(30)31)16-11-7-4-8-12-16)25-22(29)20(27)18(24)15-9-5-3-6-10-15/h3-12,14,17-20,27H,13,24H2,1-2H3,(H,25,29)(H,26,28)(H,30,31)/t17-,18-,19?,20+/m0/s1. The lowest BCUT2D eigenvalue weighted by molar-refractivity contribution is -0.142. The van der Waals surface area contributed by atoms with Gasteiger partial charge in [-0.15, -0.1) is 0 Å². The molecule has 2 rings (SSSR count). The Kier molecular flexibility index (Phi) is 8.72. The third-order valence-electron chi connectivity index (χ3n) is 4.80. The number of amides is 2. The zero-order chi connectivity index (χ0) is 23.0. The second-order valence-electron chi connectivity index (χ2n) is 7.76. The van der Waals surface area contributed by atoms with E-state index in [1.165, 1.54) is 0 Å². The highest BCUT2D eigenvalue weighted by atomic mass is 16.4. The van der Waals surface area contributed by atoms with Crippen molar-refractivity contribution in [2.45, 2.75) is 44.5 Å². The third kappa shape index (κ3) is 6.91. The summed E-state index contributed by atoms with van der Waals surface area (Å²) < 4.78 is 0. The topological polar surface area (TPSA) is 142 Å². The molecule has 4 atom stereocenters. The molecule has 0 saturated carbocycles. The second kappa shape index (κ2) is 11.2. The van der Waals surface area contributed by atoms with Crippen LogP contribution in [0.5, 0.6) is 0 Å². The van der Waals surface area contributed by atoms with Gasteiger partial charge in [-0.05, 0) is 23.5 Å². The summed E-state index contributed by atoms with van der Waals surface area (Å²) in [4.78, 5) is 37.2. The molecule has 0 fully saturated rings. The van der Waals surface area contributed by atoms with Crippen molar-refractivity contribution in [2.24, 2.45) is 11.7 Å². The lowest BCUT2D eigenvalue weighted by Gasteiger charge is -2.25. The van der Waals surface area contributed by atoms with Crippen molar-refractivity contribution in [3.63, 3.8) is 0 Å². The van der Waals surface area contributed by atoms with Crippen LogP contribution in [0.2, 0.25) is 0 Å². The number of carboxylic acid groups (broad SMARTS) is 1. The van der Waals surface area contributed by atoms with Crippen molar-refractivity contribution in [3.05, 3.63) is 71.8 Å². The average molecular weight is 428 g/mol. The summed E-state index contributed by atoms with van der Waals surface area (Å²) in [5, 5.41) is 24.9. The van der Waals surface area contributed by atoms with E-state index in [1.807, 2.05) is 13.8 Å². The van der Waals surface area contributed by atoms with Crippen LogP contribution in [-0.2, 0) is 14.4 Å². The number of carboxylic acids is 1. The van der Waals surface area contributed by atoms with Crippen molar-refractivity contribution in [3.8, 4) is 0 Å². The van der Waals surface area contributed by atoms with E-state index in [1.54, 1.807) is 60.7 Å². The Morgan fingerprint density at radius 2 is 1.39 bits per heavy atom. The van der Waals surface area contributed by atoms with Gasteiger partial charge in [0.2, 0.25) is 5.91 Å². The van der Waals surface area contributed by atoms with E-state index >= 15 is 0 Å². The van der Waals surface area contributed by atoms with E-state index in [4.69, 9.17) is 5.73 Å². The maximum atomic E-state index is 12.9.